The Morgan fingerprint density at radius 1 is 0.935 bits per heavy atom. The van der Waals surface area contributed by atoms with Crippen LogP contribution in [0.2, 0.25) is 0 Å². The van der Waals surface area contributed by atoms with Crippen molar-refractivity contribution >= 4 is 17.6 Å². The highest BCUT2D eigenvalue weighted by atomic mass is 19.1. The Bertz CT molecular complexity index is 965. The molecule has 31 heavy (non-hydrogen) atoms. The Morgan fingerprint density at radius 3 is 2.16 bits per heavy atom. The van der Waals surface area contributed by atoms with Crippen LogP contribution in [0.4, 0.5) is 15.8 Å². The third-order valence-electron chi connectivity index (χ3n) is 8.65. The van der Waals surface area contributed by atoms with Gasteiger partial charge in [-0.3, -0.25) is 4.99 Å². The fourth-order valence-electron chi connectivity index (χ4n) is 7.53. The molecule has 0 spiro atoms. The van der Waals surface area contributed by atoms with E-state index in [0.29, 0.717) is 5.41 Å². The minimum Gasteiger partial charge on any atom is -0.369 e. The van der Waals surface area contributed by atoms with Crippen molar-refractivity contribution in [2.75, 3.05) is 18.0 Å². The standard InChI is InChI=1S/C28H33FN2/c1-19-10-27(31-8-2-3-9-31)26(29)14-23(19)18-30-25-6-4-24(5-7-25)28-15-20-11-21(16-28)13-22(12-20)17-28/h4-7,10,14,18,20-22H,2-3,8-9,11-13,15-17H2,1H3. The van der Waals surface area contributed by atoms with Crippen molar-refractivity contribution < 1.29 is 4.39 Å². The number of benzene rings is 2. The van der Waals surface area contributed by atoms with E-state index < -0.39 is 0 Å². The third kappa shape index (κ3) is 3.50. The van der Waals surface area contributed by atoms with E-state index in [1.165, 1.54) is 44.1 Å². The molecule has 0 atom stereocenters. The zero-order chi connectivity index (χ0) is 21.0. The van der Waals surface area contributed by atoms with Crippen LogP contribution in [-0.4, -0.2) is 19.3 Å². The van der Waals surface area contributed by atoms with Crippen molar-refractivity contribution in [2.24, 2.45) is 22.7 Å². The van der Waals surface area contributed by atoms with Crippen LogP contribution in [-0.2, 0) is 5.41 Å². The number of hydrogen-bond donors (Lipinski definition) is 0. The molecule has 2 nitrogen and oxygen atoms in total. The predicted molar refractivity (Wildman–Crippen MR) is 126 cm³/mol. The first-order chi connectivity index (χ1) is 15.1. The molecule has 3 heteroatoms. The second-order valence-corrected chi connectivity index (χ2v) is 10.9. The van der Waals surface area contributed by atoms with Gasteiger partial charge >= 0.3 is 0 Å². The second-order valence-electron chi connectivity index (χ2n) is 10.9. The maximum absolute atomic E-state index is 14.7. The SMILES string of the molecule is Cc1cc(N2CCCC2)c(F)cc1C=Nc1ccc(C23CC4CC(CC(C4)C2)C3)cc1. The van der Waals surface area contributed by atoms with E-state index in [1.54, 1.807) is 6.07 Å². The van der Waals surface area contributed by atoms with Crippen LogP contribution in [0.3, 0.4) is 0 Å². The van der Waals surface area contributed by atoms with Gasteiger partial charge in [0, 0.05) is 19.3 Å². The number of hydrogen-bond acceptors (Lipinski definition) is 2. The first-order valence-corrected chi connectivity index (χ1v) is 12.3. The summed E-state index contributed by atoms with van der Waals surface area (Å²) < 4.78 is 14.7. The summed E-state index contributed by atoms with van der Waals surface area (Å²) in [4.78, 5) is 6.85. The molecule has 4 aliphatic carbocycles. The molecule has 4 bridgehead atoms. The van der Waals surface area contributed by atoms with E-state index in [0.717, 1.165) is 66.2 Å². The molecule has 0 radical (unpaired) electrons. The van der Waals surface area contributed by atoms with Crippen LogP contribution in [0.15, 0.2) is 41.4 Å². The molecule has 1 aliphatic heterocycles. The molecule has 1 heterocycles. The topological polar surface area (TPSA) is 15.6 Å². The molecule has 5 fully saturated rings. The lowest BCUT2D eigenvalue weighted by atomic mass is 9.48. The average molecular weight is 417 g/mol. The fourth-order valence-corrected chi connectivity index (χ4v) is 7.53. The lowest BCUT2D eigenvalue weighted by Crippen LogP contribution is -2.48. The van der Waals surface area contributed by atoms with E-state index in [9.17, 15) is 4.39 Å². The Kier molecular flexibility index (Phi) is 4.70. The van der Waals surface area contributed by atoms with E-state index >= 15 is 0 Å². The number of aryl methyl sites for hydroxylation is 1. The van der Waals surface area contributed by atoms with Crippen LogP contribution >= 0.6 is 0 Å². The maximum atomic E-state index is 14.7. The molecule has 0 aromatic heterocycles. The highest BCUT2D eigenvalue weighted by Crippen LogP contribution is 2.60. The van der Waals surface area contributed by atoms with Crippen molar-refractivity contribution in [3.8, 4) is 0 Å². The van der Waals surface area contributed by atoms with Crippen LogP contribution in [0.5, 0.6) is 0 Å². The molecule has 0 amide bonds. The molecule has 1 saturated heterocycles. The summed E-state index contributed by atoms with van der Waals surface area (Å²) in [5, 5.41) is 0. The second kappa shape index (κ2) is 7.46. The van der Waals surface area contributed by atoms with Gasteiger partial charge in [0.1, 0.15) is 5.82 Å². The van der Waals surface area contributed by atoms with Gasteiger partial charge in [0.15, 0.2) is 0 Å². The van der Waals surface area contributed by atoms with Gasteiger partial charge in [-0.05, 0) is 122 Å². The monoisotopic (exact) mass is 416 g/mol. The molecule has 2 aromatic rings. The lowest BCUT2D eigenvalue weighted by Gasteiger charge is -2.57. The van der Waals surface area contributed by atoms with Gasteiger partial charge in [-0.2, -0.15) is 0 Å². The summed E-state index contributed by atoms with van der Waals surface area (Å²) in [7, 11) is 0. The average Bonchev–Trinajstić information content (AvgIpc) is 3.28. The van der Waals surface area contributed by atoms with Crippen molar-refractivity contribution in [2.45, 2.75) is 63.7 Å². The van der Waals surface area contributed by atoms with Gasteiger partial charge in [0.25, 0.3) is 0 Å². The zero-order valence-corrected chi connectivity index (χ0v) is 18.6. The minimum atomic E-state index is -0.133. The lowest BCUT2D eigenvalue weighted by molar-refractivity contribution is -0.00518. The molecule has 5 aliphatic rings. The minimum absolute atomic E-state index is 0.133. The van der Waals surface area contributed by atoms with E-state index in [1.807, 2.05) is 12.3 Å². The van der Waals surface area contributed by atoms with Crippen molar-refractivity contribution in [3.63, 3.8) is 0 Å². The number of rotatable bonds is 4. The number of anilines is 1. The Balaban J connectivity index is 1.20. The predicted octanol–water partition coefficient (Wildman–Crippen LogP) is 6.95. The molecule has 162 valence electrons. The van der Waals surface area contributed by atoms with Crippen molar-refractivity contribution in [1.82, 2.24) is 0 Å². The first kappa shape index (κ1) is 19.5. The van der Waals surface area contributed by atoms with Gasteiger partial charge < -0.3 is 4.90 Å². The number of halogens is 1. The largest absolute Gasteiger partial charge is 0.369 e. The fraction of sp³-hybridized carbons (Fsp3) is 0.536. The zero-order valence-electron chi connectivity index (χ0n) is 18.6. The van der Waals surface area contributed by atoms with Crippen molar-refractivity contribution in [3.05, 3.63) is 58.9 Å². The normalized spacial score (nSPS) is 31.8. The van der Waals surface area contributed by atoms with Crippen LogP contribution in [0.25, 0.3) is 0 Å². The first-order valence-electron chi connectivity index (χ1n) is 12.3. The van der Waals surface area contributed by atoms with Gasteiger partial charge in [-0.1, -0.05) is 12.1 Å². The summed E-state index contributed by atoms with van der Waals surface area (Å²) in [6.07, 6.45) is 12.8. The quantitative estimate of drug-likeness (QED) is 0.492. The third-order valence-corrected chi connectivity index (χ3v) is 8.65. The van der Waals surface area contributed by atoms with Crippen molar-refractivity contribution in [1.29, 1.82) is 0 Å². The molecular formula is C28H33FN2. The van der Waals surface area contributed by atoms with E-state index in [2.05, 4.69) is 41.1 Å². The Labute approximate surface area is 185 Å². The Morgan fingerprint density at radius 2 is 1.55 bits per heavy atom. The molecule has 0 N–H and O–H groups in total. The van der Waals surface area contributed by atoms with Gasteiger partial charge in [0.05, 0.1) is 11.4 Å². The smallest absolute Gasteiger partial charge is 0.147 e. The molecule has 4 saturated carbocycles. The number of nitrogens with zero attached hydrogens (tertiary/aromatic N) is 2. The van der Waals surface area contributed by atoms with Gasteiger partial charge in [0.2, 0.25) is 0 Å². The molecule has 0 unspecified atom stereocenters. The summed E-state index contributed by atoms with van der Waals surface area (Å²) in [5.74, 6) is 2.76. The van der Waals surface area contributed by atoms with Crippen LogP contribution in [0, 0.1) is 30.5 Å². The van der Waals surface area contributed by atoms with Gasteiger partial charge in [-0.15, -0.1) is 0 Å². The van der Waals surface area contributed by atoms with E-state index in [4.69, 9.17) is 0 Å². The van der Waals surface area contributed by atoms with E-state index in [-0.39, 0.29) is 5.82 Å². The molecule has 2 aromatic carbocycles. The van der Waals surface area contributed by atoms with Crippen LogP contribution in [0.1, 0.15) is 68.1 Å². The summed E-state index contributed by atoms with van der Waals surface area (Å²) in [5.41, 5.74) is 5.61. The Hall–Kier alpha value is -2.16. The van der Waals surface area contributed by atoms with Crippen LogP contribution < -0.4 is 4.90 Å². The summed E-state index contributed by atoms with van der Waals surface area (Å²) in [6.45, 7) is 3.97. The molecular weight excluding hydrogens is 383 g/mol. The maximum Gasteiger partial charge on any atom is 0.147 e. The summed E-state index contributed by atoms with van der Waals surface area (Å²) >= 11 is 0. The van der Waals surface area contributed by atoms with Gasteiger partial charge in [-0.25, -0.2) is 4.39 Å². The summed E-state index contributed by atoms with van der Waals surface area (Å²) in [6, 6.07) is 12.6. The molecule has 7 rings (SSSR count). The highest BCUT2D eigenvalue weighted by molar-refractivity contribution is 5.84. The highest BCUT2D eigenvalue weighted by Gasteiger charge is 2.51. The number of aliphatic imine (C=N–C) groups is 1.